The summed E-state index contributed by atoms with van der Waals surface area (Å²) in [6, 6.07) is 12.5. The van der Waals surface area contributed by atoms with E-state index in [2.05, 4.69) is 47.7 Å². The highest BCUT2D eigenvalue weighted by Gasteiger charge is 2.55. The Morgan fingerprint density at radius 2 is 1.81 bits per heavy atom. The molecule has 2 aromatic rings. The van der Waals surface area contributed by atoms with E-state index in [1.165, 1.54) is 11.1 Å². The molecule has 2 aromatic carbocycles. The van der Waals surface area contributed by atoms with Crippen molar-refractivity contribution in [3.63, 3.8) is 0 Å². The predicted molar refractivity (Wildman–Crippen MR) is 128 cm³/mol. The van der Waals surface area contributed by atoms with Crippen LogP contribution in [0.2, 0.25) is 0 Å². The van der Waals surface area contributed by atoms with Gasteiger partial charge in [0.15, 0.2) is 0 Å². The Hall–Kier alpha value is -2.20. The van der Waals surface area contributed by atoms with Crippen LogP contribution in [-0.4, -0.2) is 21.0 Å². The van der Waals surface area contributed by atoms with Crippen LogP contribution < -0.4 is 9.46 Å². The maximum absolute atomic E-state index is 13.6. The fraction of sp³-hybridized carbons (Fsp3) is 0.500. The van der Waals surface area contributed by atoms with E-state index in [1.54, 1.807) is 7.11 Å². The number of hydrogen-bond acceptors (Lipinski definition) is 4. The van der Waals surface area contributed by atoms with E-state index in [0.717, 1.165) is 41.8 Å². The second-order valence-electron chi connectivity index (χ2n) is 10.1. The fourth-order valence-corrected chi connectivity index (χ4v) is 5.89. The van der Waals surface area contributed by atoms with Crippen LogP contribution in [0.1, 0.15) is 67.0 Å². The predicted octanol–water partition coefficient (Wildman–Crippen LogP) is 4.81. The summed E-state index contributed by atoms with van der Waals surface area (Å²) < 4.78 is 22.7. The lowest BCUT2D eigenvalue weighted by Gasteiger charge is -2.45. The highest BCUT2D eigenvalue weighted by Crippen LogP contribution is 2.54. The van der Waals surface area contributed by atoms with Gasteiger partial charge in [-0.05, 0) is 93.8 Å². The lowest BCUT2D eigenvalue weighted by atomic mass is 9.87. The Kier molecular flexibility index (Phi) is 5.96. The van der Waals surface area contributed by atoms with E-state index < -0.39 is 21.4 Å². The molecule has 0 amide bonds. The summed E-state index contributed by atoms with van der Waals surface area (Å²) in [4.78, 5) is 2.42. The molecule has 1 saturated carbocycles. The van der Waals surface area contributed by atoms with Gasteiger partial charge in [-0.15, -0.1) is 0 Å². The number of nitriles is 1. The molecule has 1 heterocycles. The number of nitrogens with one attached hydrogen (secondary N) is 1. The topological polar surface area (TPSA) is 65.4 Å². The summed E-state index contributed by atoms with van der Waals surface area (Å²) in [5.74, 6) is 1.16. The van der Waals surface area contributed by atoms with Crippen LogP contribution >= 0.6 is 0 Å². The zero-order valence-corrected chi connectivity index (χ0v) is 20.7. The quantitative estimate of drug-likeness (QED) is 0.684. The zero-order chi connectivity index (χ0) is 23.3. The molecule has 0 spiro atoms. The molecule has 1 aliphatic heterocycles. The van der Waals surface area contributed by atoms with Gasteiger partial charge < -0.3 is 4.74 Å². The van der Waals surface area contributed by atoms with Gasteiger partial charge in [0, 0.05) is 18.7 Å². The molecule has 2 aliphatic rings. The minimum atomic E-state index is -1.28. The van der Waals surface area contributed by atoms with Gasteiger partial charge in [-0.3, -0.25) is 4.90 Å². The smallest absolute Gasteiger partial charge is 0.125 e. The fourth-order valence-electron chi connectivity index (χ4n) is 4.91. The molecule has 4 rings (SSSR count). The first-order valence-corrected chi connectivity index (χ1v) is 12.4. The largest absolute Gasteiger partial charge is 0.496 e. The number of fused-ring (bicyclic) bond motifs is 1. The monoisotopic (exact) mass is 451 g/mol. The second-order valence-corrected chi connectivity index (χ2v) is 12.1. The van der Waals surface area contributed by atoms with Gasteiger partial charge in [0.25, 0.3) is 0 Å². The third-order valence-electron chi connectivity index (χ3n) is 6.57. The average molecular weight is 452 g/mol. The summed E-state index contributed by atoms with van der Waals surface area (Å²) in [7, 11) is 0.438. The molecule has 1 fully saturated rings. The highest BCUT2D eigenvalue weighted by atomic mass is 32.2. The Morgan fingerprint density at radius 3 is 2.41 bits per heavy atom. The molecule has 170 valence electrons. The van der Waals surface area contributed by atoms with Crippen molar-refractivity contribution in [3.05, 3.63) is 63.7 Å². The normalized spacial score (nSPS) is 19.2. The molecule has 32 heavy (non-hydrogen) atoms. The Balaban J connectivity index is 1.90. The van der Waals surface area contributed by atoms with Gasteiger partial charge in [0.1, 0.15) is 11.4 Å². The number of ether oxygens (including phenoxy) is 1. The molecular weight excluding hydrogens is 418 g/mol. The van der Waals surface area contributed by atoms with Crippen molar-refractivity contribution in [2.24, 2.45) is 5.92 Å². The molecule has 1 N–H and O–H groups in total. The van der Waals surface area contributed by atoms with E-state index in [9.17, 15) is 9.47 Å². The van der Waals surface area contributed by atoms with Crippen molar-refractivity contribution >= 4 is 11.0 Å². The molecule has 0 saturated heterocycles. The maximum Gasteiger partial charge on any atom is 0.125 e. The van der Waals surface area contributed by atoms with Gasteiger partial charge in [-0.1, -0.05) is 12.1 Å². The van der Waals surface area contributed by atoms with Crippen molar-refractivity contribution < 1.29 is 8.95 Å². The van der Waals surface area contributed by atoms with E-state index in [1.807, 2.05) is 32.9 Å². The van der Waals surface area contributed by atoms with E-state index in [-0.39, 0.29) is 0 Å². The van der Waals surface area contributed by atoms with E-state index in [0.29, 0.717) is 18.0 Å². The molecule has 2 unspecified atom stereocenters. The summed E-state index contributed by atoms with van der Waals surface area (Å²) in [6.07, 6.45) is 2.14. The van der Waals surface area contributed by atoms with Gasteiger partial charge in [0.05, 0.1) is 34.5 Å². The van der Waals surface area contributed by atoms with Crippen molar-refractivity contribution in [1.82, 2.24) is 9.62 Å². The van der Waals surface area contributed by atoms with Crippen LogP contribution in [0.3, 0.4) is 0 Å². The summed E-state index contributed by atoms with van der Waals surface area (Å²) in [6.45, 7) is 11.7. The first-order valence-electron chi connectivity index (χ1n) is 11.2. The molecule has 0 aromatic heterocycles. The van der Waals surface area contributed by atoms with Crippen molar-refractivity contribution in [3.8, 4) is 11.8 Å². The summed E-state index contributed by atoms with van der Waals surface area (Å²) in [5.41, 5.74) is 5.82. The van der Waals surface area contributed by atoms with E-state index in [4.69, 9.17) is 4.74 Å². The lowest BCUT2D eigenvalue weighted by molar-refractivity contribution is 0.0452. The first kappa shape index (κ1) is 23.0. The lowest BCUT2D eigenvalue weighted by Crippen LogP contribution is -2.59. The molecule has 2 atom stereocenters. The van der Waals surface area contributed by atoms with Crippen LogP contribution in [0.25, 0.3) is 0 Å². The standard InChI is InChI=1S/C26H33N3O2S/c1-17-11-18(2)24(23(12-17)31-6)26(22-9-10-22,28-32(30)25(3,4)5)29-15-20-8-7-19(14-27)13-21(20)16-29/h7-8,11-13,22,28H,9-10,15-16H2,1-6H3. The Labute approximate surface area is 194 Å². The molecular formula is C26H33N3O2S. The molecule has 5 nitrogen and oxygen atoms in total. The van der Waals surface area contributed by atoms with Gasteiger partial charge in [-0.2, -0.15) is 5.26 Å². The third kappa shape index (κ3) is 3.98. The van der Waals surface area contributed by atoms with Crippen LogP contribution in [0.5, 0.6) is 5.75 Å². The van der Waals surface area contributed by atoms with Crippen LogP contribution in [0.15, 0.2) is 30.3 Å². The average Bonchev–Trinajstić information content (AvgIpc) is 3.49. The van der Waals surface area contributed by atoms with Crippen LogP contribution in [0, 0.1) is 31.1 Å². The Morgan fingerprint density at radius 1 is 1.12 bits per heavy atom. The SMILES string of the molecule is COc1cc(C)cc(C)c1C(NS(=O)C(C)(C)C)(C1CC1)N1Cc2ccc(C#N)cc2C1. The molecule has 1 aliphatic carbocycles. The first-order chi connectivity index (χ1) is 15.1. The number of benzene rings is 2. The van der Waals surface area contributed by atoms with Crippen molar-refractivity contribution in [1.29, 1.82) is 5.26 Å². The third-order valence-corrected chi connectivity index (χ3v) is 8.18. The Bertz CT molecular complexity index is 1110. The van der Waals surface area contributed by atoms with Gasteiger partial charge in [-0.25, -0.2) is 8.93 Å². The minimum absolute atomic E-state index is 0.328. The summed E-state index contributed by atoms with van der Waals surface area (Å²) in [5, 5.41) is 9.38. The second kappa shape index (κ2) is 8.30. The number of nitrogens with zero attached hydrogens (tertiary/aromatic N) is 2. The van der Waals surface area contributed by atoms with Crippen LogP contribution in [-0.2, 0) is 29.7 Å². The maximum atomic E-state index is 13.6. The number of methoxy groups -OCH3 is 1. The minimum Gasteiger partial charge on any atom is -0.496 e. The number of aryl methyl sites for hydroxylation is 2. The molecule has 0 radical (unpaired) electrons. The van der Waals surface area contributed by atoms with Crippen molar-refractivity contribution in [2.75, 3.05) is 7.11 Å². The molecule has 0 bridgehead atoms. The van der Waals surface area contributed by atoms with Gasteiger partial charge >= 0.3 is 0 Å². The van der Waals surface area contributed by atoms with E-state index >= 15 is 0 Å². The van der Waals surface area contributed by atoms with Crippen LogP contribution in [0.4, 0.5) is 0 Å². The summed E-state index contributed by atoms with van der Waals surface area (Å²) >= 11 is 0. The number of rotatable bonds is 6. The highest BCUT2D eigenvalue weighted by molar-refractivity contribution is 7.84. The number of hydrogen-bond donors (Lipinski definition) is 1. The van der Waals surface area contributed by atoms with Gasteiger partial charge in [0.2, 0.25) is 0 Å². The zero-order valence-electron chi connectivity index (χ0n) is 19.9. The molecule has 6 heteroatoms. The van der Waals surface area contributed by atoms with Crippen molar-refractivity contribution in [2.45, 2.75) is 71.0 Å².